The molecule has 7 nitrogen and oxygen atoms in total. The molecule has 0 heterocycles. The van der Waals surface area contributed by atoms with Crippen LogP contribution in [0.1, 0.15) is 48.2 Å². The fourth-order valence-electron chi connectivity index (χ4n) is 4.25. The molecule has 216 valence electrons. The Hall–Kier alpha value is -2.68. The number of hydrogen-bond acceptors (Lipinski definition) is 4. The Labute approximate surface area is 262 Å². The first-order valence-electron chi connectivity index (χ1n) is 12.4. The minimum atomic E-state index is -1.37. The molecule has 0 spiro atoms. The number of benzene rings is 3. The molecule has 4 rings (SSSR count). The topological polar surface area (TPSA) is 96.5 Å². The average molecular weight is 658 g/mol. The Kier molecular flexibility index (Phi) is 9.07. The van der Waals surface area contributed by atoms with Gasteiger partial charge in [-0.3, -0.25) is 9.59 Å². The first kappa shape index (κ1) is 31.3. The Morgan fingerprint density at radius 2 is 1.56 bits per heavy atom. The van der Waals surface area contributed by atoms with E-state index in [0.29, 0.717) is 33.8 Å². The highest BCUT2D eigenvalue weighted by molar-refractivity contribution is 6.54. The number of rotatable bonds is 6. The van der Waals surface area contributed by atoms with Gasteiger partial charge in [0.2, 0.25) is 5.91 Å². The van der Waals surface area contributed by atoms with Crippen molar-refractivity contribution in [3.63, 3.8) is 0 Å². The van der Waals surface area contributed by atoms with Gasteiger partial charge < -0.3 is 20.7 Å². The van der Waals surface area contributed by atoms with Gasteiger partial charge in [-0.1, -0.05) is 40.9 Å². The van der Waals surface area contributed by atoms with E-state index >= 15 is 0 Å². The first-order chi connectivity index (χ1) is 19.1. The van der Waals surface area contributed by atoms with Crippen LogP contribution < -0.4 is 20.7 Å². The summed E-state index contributed by atoms with van der Waals surface area (Å²) in [5.41, 5.74) is 2.05. The smallest absolute Gasteiger partial charge is 0.410 e. The lowest BCUT2D eigenvalue weighted by Crippen LogP contribution is -2.42. The lowest BCUT2D eigenvalue weighted by Gasteiger charge is -2.20. The molecular weight excluding hydrogens is 632 g/mol. The molecule has 0 aliphatic heterocycles. The van der Waals surface area contributed by atoms with Crippen LogP contribution in [0, 0.1) is 12.8 Å². The third kappa shape index (κ3) is 7.40. The van der Waals surface area contributed by atoms with Crippen molar-refractivity contribution in [2.24, 2.45) is 5.92 Å². The average Bonchev–Trinajstić information content (AvgIpc) is 3.44. The van der Waals surface area contributed by atoms with Gasteiger partial charge in [0.1, 0.15) is 10.1 Å². The minimum Gasteiger partial charge on any atom is -0.410 e. The fourth-order valence-corrected chi connectivity index (χ4v) is 5.69. The van der Waals surface area contributed by atoms with Crippen LogP contribution >= 0.6 is 58.0 Å². The van der Waals surface area contributed by atoms with Gasteiger partial charge in [-0.2, -0.15) is 0 Å². The van der Waals surface area contributed by atoms with Crippen molar-refractivity contribution >= 4 is 87.3 Å². The van der Waals surface area contributed by atoms with Crippen LogP contribution in [0.4, 0.5) is 16.2 Å². The number of hydrogen-bond donors (Lipinski definition) is 3. The van der Waals surface area contributed by atoms with Gasteiger partial charge in [-0.05, 0) is 87.4 Å². The highest BCUT2D eigenvalue weighted by atomic mass is 35.5. The van der Waals surface area contributed by atoms with Crippen molar-refractivity contribution in [3.8, 4) is 5.75 Å². The summed E-state index contributed by atoms with van der Waals surface area (Å²) in [6, 6.07) is 14.5. The van der Waals surface area contributed by atoms with E-state index in [2.05, 4.69) is 16.0 Å². The molecular formula is C29H26Cl5N3O4. The molecule has 12 heteroatoms. The SMILES string of the molecule is Cc1cc(OC(=O)NC(C)(C)C)ccc1NC(=O)c1cccc(NC(=O)C2C(c3cc(Cl)c(Cl)c(Cl)c3)C2(Cl)Cl)c1. The molecule has 1 aliphatic carbocycles. The first-order valence-corrected chi connectivity index (χ1v) is 14.3. The van der Waals surface area contributed by atoms with Crippen LogP contribution in [-0.2, 0) is 4.79 Å². The summed E-state index contributed by atoms with van der Waals surface area (Å²) in [7, 11) is 0. The fraction of sp³-hybridized carbons (Fsp3) is 0.276. The summed E-state index contributed by atoms with van der Waals surface area (Å²) in [5.74, 6) is -1.84. The van der Waals surface area contributed by atoms with Gasteiger partial charge >= 0.3 is 6.09 Å². The number of ether oxygens (including phenoxy) is 1. The highest BCUT2D eigenvalue weighted by Crippen LogP contribution is 2.65. The summed E-state index contributed by atoms with van der Waals surface area (Å²) in [6.45, 7) is 7.31. The monoisotopic (exact) mass is 655 g/mol. The maximum atomic E-state index is 13.1. The normalized spacial score (nSPS) is 17.4. The Morgan fingerprint density at radius 3 is 2.17 bits per heavy atom. The van der Waals surface area contributed by atoms with Crippen LogP contribution in [0.2, 0.25) is 15.1 Å². The van der Waals surface area contributed by atoms with Crippen molar-refractivity contribution in [2.75, 3.05) is 10.6 Å². The maximum absolute atomic E-state index is 13.1. The maximum Gasteiger partial charge on any atom is 0.413 e. The van der Waals surface area contributed by atoms with Gasteiger partial charge in [0.05, 0.1) is 21.0 Å². The van der Waals surface area contributed by atoms with Crippen molar-refractivity contribution in [1.82, 2.24) is 5.32 Å². The second-order valence-electron chi connectivity index (χ2n) is 10.7. The molecule has 0 bridgehead atoms. The van der Waals surface area contributed by atoms with E-state index in [-0.39, 0.29) is 15.1 Å². The Balaban J connectivity index is 1.41. The van der Waals surface area contributed by atoms with E-state index in [1.165, 1.54) is 6.07 Å². The zero-order chi connectivity index (χ0) is 30.3. The van der Waals surface area contributed by atoms with E-state index in [0.717, 1.165) is 0 Å². The van der Waals surface area contributed by atoms with Crippen molar-refractivity contribution in [1.29, 1.82) is 0 Å². The lowest BCUT2D eigenvalue weighted by atomic mass is 10.1. The van der Waals surface area contributed by atoms with Crippen molar-refractivity contribution in [2.45, 2.75) is 43.5 Å². The minimum absolute atomic E-state index is 0.201. The molecule has 3 aromatic carbocycles. The molecule has 2 unspecified atom stereocenters. The second kappa shape index (κ2) is 11.9. The molecule has 2 atom stereocenters. The standard InChI is InChI=1S/C29H26Cl5N3O4/c1-14-10-18(41-27(40)37-28(2,3)4)8-9-21(14)36-25(38)15-6-5-7-17(11-15)35-26(39)23-22(29(23,33)34)16-12-19(30)24(32)20(31)13-16/h5-13,22-23H,1-4H3,(H,35,39)(H,36,38)(H,37,40). The molecule has 41 heavy (non-hydrogen) atoms. The van der Waals surface area contributed by atoms with Crippen LogP contribution in [0.3, 0.4) is 0 Å². The third-order valence-corrected chi connectivity index (χ3v) is 8.36. The highest BCUT2D eigenvalue weighted by Gasteiger charge is 2.67. The summed E-state index contributed by atoms with van der Waals surface area (Å²) in [6.07, 6.45) is -0.577. The van der Waals surface area contributed by atoms with E-state index in [9.17, 15) is 14.4 Å². The van der Waals surface area contributed by atoms with Gasteiger partial charge in [0.25, 0.3) is 5.91 Å². The molecule has 1 saturated carbocycles. The lowest BCUT2D eigenvalue weighted by molar-refractivity contribution is -0.117. The van der Waals surface area contributed by atoms with E-state index in [1.54, 1.807) is 55.5 Å². The molecule has 3 aromatic rings. The number of halogens is 5. The van der Waals surface area contributed by atoms with Crippen LogP contribution in [-0.4, -0.2) is 27.8 Å². The number of carbonyl (C=O) groups is 3. The summed E-state index contributed by atoms with van der Waals surface area (Å²) < 4.78 is 3.94. The quantitative estimate of drug-likeness (QED) is 0.183. The zero-order valence-corrected chi connectivity index (χ0v) is 26.2. The van der Waals surface area contributed by atoms with Crippen LogP contribution in [0.5, 0.6) is 5.75 Å². The number of anilines is 2. The molecule has 1 aliphatic rings. The molecule has 3 N–H and O–H groups in total. The summed E-state index contributed by atoms with van der Waals surface area (Å²) in [5, 5.41) is 8.98. The summed E-state index contributed by atoms with van der Waals surface area (Å²) in [4.78, 5) is 38.1. The number of nitrogens with one attached hydrogen (secondary N) is 3. The predicted molar refractivity (Wildman–Crippen MR) is 165 cm³/mol. The second-order valence-corrected chi connectivity index (χ2v) is 13.3. The molecule has 0 aromatic heterocycles. The number of amides is 3. The largest absolute Gasteiger partial charge is 0.413 e. The zero-order valence-electron chi connectivity index (χ0n) is 22.4. The van der Waals surface area contributed by atoms with E-state index in [4.69, 9.17) is 62.7 Å². The van der Waals surface area contributed by atoms with Gasteiger partial charge in [-0.25, -0.2) is 4.79 Å². The van der Waals surface area contributed by atoms with Crippen molar-refractivity contribution < 1.29 is 19.1 Å². The van der Waals surface area contributed by atoms with E-state index in [1.807, 2.05) is 20.8 Å². The number of carbonyl (C=O) groups excluding carboxylic acids is 3. The van der Waals surface area contributed by atoms with Gasteiger partial charge in [-0.15, -0.1) is 23.2 Å². The molecule has 1 fully saturated rings. The van der Waals surface area contributed by atoms with Gasteiger partial charge in [0.15, 0.2) is 0 Å². The predicted octanol–water partition coefficient (Wildman–Crippen LogP) is 8.62. The molecule has 0 radical (unpaired) electrons. The Bertz CT molecular complexity index is 1510. The van der Waals surface area contributed by atoms with Crippen molar-refractivity contribution in [3.05, 3.63) is 86.4 Å². The van der Waals surface area contributed by atoms with E-state index < -0.39 is 39.6 Å². The summed E-state index contributed by atoms with van der Waals surface area (Å²) >= 11 is 31.2. The number of alkyl halides is 2. The number of aryl methyl sites for hydroxylation is 1. The van der Waals surface area contributed by atoms with Crippen LogP contribution in [0.25, 0.3) is 0 Å². The van der Waals surface area contributed by atoms with Gasteiger partial charge in [0, 0.05) is 28.4 Å². The molecule has 0 saturated heterocycles. The molecule has 3 amide bonds. The van der Waals surface area contributed by atoms with Crippen LogP contribution in [0.15, 0.2) is 54.6 Å². The Morgan fingerprint density at radius 1 is 0.902 bits per heavy atom. The third-order valence-electron chi connectivity index (χ3n) is 6.23.